The van der Waals surface area contributed by atoms with Gasteiger partial charge in [-0.25, -0.2) is 9.59 Å². The molecule has 1 aliphatic heterocycles. The van der Waals surface area contributed by atoms with E-state index in [1.165, 1.54) is 16.7 Å². The number of amides is 2. The second kappa shape index (κ2) is 6.14. The molecule has 0 radical (unpaired) electrons. The summed E-state index contributed by atoms with van der Waals surface area (Å²) in [6, 6.07) is -0.821. The number of carboxylic acid groups (broad SMARTS) is 1. The number of ether oxygens (including phenoxy) is 1. The highest BCUT2D eigenvalue weighted by Crippen LogP contribution is 2.20. The quantitative estimate of drug-likeness (QED) is 0.785. The van der Waals surface area contributed by atoms with Crippen LogP contribution in [-0.4, -0.2) is 57.8 Å². The number of hydrogen-bond donors (Lipinski definition) is 2. The molecule has 0 aromatic carbocycles. The SMILES string of the molecule is CC(C)(C)OC(=O)NCC(=O)N1CSC[C@H]1C(=O)O. The van der Waals surface area contributed by atoms with Gasteiger partial charge in [0.15, 0.2) is 0 Å². The molecule has 1 atom stereocenters. The van der Waals surface area contributed by atoms with Crippen LogP contribution in [0, 0.1) is 0 Å². The summed E-state index contributed by atoms with van der Waals surface area (Å²) in [6.07, 6.45) is -0.695. The minimum Gasteiger partial charge on any atom is -0.480 e. The molecule has 0 saturated carbocycles. The third-order valence-corrected chi connectivity index (χ3v) is 3.28. The molecule has 2 amide bonds. The van der Waals surface area contributed by atoms with Gasteiger partial charge in [0, 0.05) is 5.75 Å². The lowest BCUT2D eigenvalue weighted by atomic mass is 10.2. The van der Waals surface area contributed by atoms with E-state index in [9.17, 15) is 14.4 Å². The maximum atomic E-state index is 11.8. The molecule has 0 unspecified atom stereocenters. The molecule has 0 aromatic heterocycles. The number of aliphatic carboxylic acids is 1. The van der Waals surface area contributed by atoms with E-state index in [0.29, 0.717) is 11.6 Å². The number of nitrogens with zero attached hydrogens (tertiary/aromatic N) is 1. The molecular formula is C11H18N2O5S. The number of alkyl carbamates (subject to hydrolysis) is 1. The number of hydrogen-bond acceptors (Lipinski definition) is 5. The van der Waals surface area contributed by atoms with Crippen molar-refractivity contribution in [3.05, 3.63) is 0 Å². The highest BCUT2D eigenvalue weighted by molar-refractivity contribution is 7.99. The minimum absolute atomic E-state index is 0.265. The standard InChI is InChI=1S/C11H18N2O5S/c1-11(2,3)18-10(17)12-4-8(14)13-6-19-5-7(13)9(15)16/h7H,4-6H2,1-3H3,(H,12,17)(H,15,16)/t7-/m0/s1. The first-order valence-electron chi connectivity index (χ1n) is 5.77. The Balaban J connectivity index is 2.43. The molecule has 1 rings (SSSR count). The van der Waals surface area contributed by atoms with Crippen molar-refractivity contribution in [1.29, 1.82) is 0 Å². The molecule has 0 aromatic rings. The summed E-state index contributed by atoms with van der Waals surface area (Å²) < 4.78 is 4.98. The molecule has 0 aliphatic carbocycles. The lowest BCUT2D eigenvalue weighted by molar-refractivity contribution is -0.147. The highest BCUT2D eigenvalue weighted by atomic mass is 32.2. The normalized spacial score (nSPS) is 19.1. The third-order valence-electron chi connectivity index (χ3n) is 2.27. The van der Waals surface area contributed by atoms with Crippen molar-refractivity contribution in [1.82, 2.24) is 10.2 Å². The van der Waals surface area contributed by atoms with Crippen molar-refractivity contribution in [2.45, 2.75) is 32.4 Å². The van der Waals surface area contributed by atoms with E-state index in [4.69, 9.17) is 9.84 Å². The van der Waals surface area contributed by atoms with Crippen LogP contribution in [0.25, 0.3) is 0 Å². The zero-order valence-electron chi connectivity index (χ0n) is 11.1. The average Bonchev–Trinajstić information content (AvgIpc) is 2.72. The van der Waals surface area contributed by atoms with Gasteiger partial charge in [0.2, 0.25) is 5.91 Å². The molecule has 1 aliphatic rings. The predicted molar refractivity (Wildman–Crippen MR) is 69.8 cm³/mol. The van der Waals surface area contributed by atoms with Crippen LogP contribution in [0.5, 0.6) is 0 Å². The van der Waals surface area contributed by atoms with E-state index in [1.807, 2.05) is 0 Å². The molecule has 1 fully saturated rings. The molecular weight excluding hydrogens is 272 g/mol. The van der Waals surface area contributed by atoms with E-state index in [1.54, 1.807) is 20.8 Å². The molecule has 1 saturated heterocycles. The Bertz CT molecular complexity index is 380. The smallest absolute Gasteiger partial charge is 0.408 e. The van der Waals surface area contributed by atoms with Crippen LogP contribution in [-0.2, 0) is 14.3 Å². The third kappa shape index (κ3) is 4.98. The summed E-state index contributed by atoms with van der Waals surface area (Å²) >= 11 is 1.37. The molecule has 1 heterocycles. The predicted octanol–water partition coefficient (Wildman–Crippen LogP) is 0.497. The first-order chi connectivity index (χ1) is 8.70. The summed E-state index contributed by atoms with van der Waals surface area (Å²) in [6.45, 7) is 4.88. The zero-order chi connectivity index (χ0) is 14.6. The number of carboxylic acids is 1. The average molecular weight is 290 g/mol. The summed E-state index contributed by atoms with van der Waals surface area (Å²) in [4.78, 5) is 35.3. The molecule has 8 heteroatoms. The van der Waals surface area contributed by atoms with Gasteiger partial charge < -0.3 is 20.1 Å². The topological polar surface area (TPSA) is 95.9 Å². The zero-order valence-corrected chi connectivity index (χ0v) is 12.0. The molecule has 0 spiro atoms. The van der Waals surface area contributed by atoms with Crippen LogP contribution < -0.4 is 5.32 Å². The second-order valence-electron chi connectivity index (χ2n) is 5.07. The van der Waals surface area contributed by atoms with Gasteiger partial charge in [-0.05, 0) is 20.8 Å². The van der Waals surface area contributed by atoms with Crippen LogP contribution in [0.1, 0.15) is 20.8 Å². The summed E-state index contributed by atoms with van der Waals surface area (Å²) in [5, 5.41) is 11.3. The van der Waals surface area contributed by atoms with Crippen molar-refractivity contribution in [3.63, 3.8) is 0 Å². The Morgan fingerprint density at radius 3 is 2.58 bits per heavy atom. The van der Waals surface area contributed by atoms with Gasteiger partial charge in [0.1, 0.15) is 18.2 Å². The van der Waals surface area contributed by atoms with Crippen molar-refractivity contribution in [2.75, 3.05) is 18.2 Å². The maximum absolute atomic E-state index is 11.8. The van der Waals surface area contributed by atoms with Crippen molar-refractivity contribution in [3.8, 4) is 0 Å². The van der Waals surface area contributed by atoms with E-state index >= 15 is 0 Å². The first kappa shape index (κ1) is 15.6. The van der Waals surface area contributed by atoms with Gasteiger partial charge in [-0.15, -0.1) is 11.8 Å². The van der Waals surface area contributed by atoms with Crippen LogP contribution in [0.3, 0.4) is 0 Å². The number of rotatable bonds is 3. The summed E-state index contributed by atoms with van der Waals surface area (Å²) in [7, 11) is 0. The fourth-order valence-corrected chi connectivity index (χ4v) is 2.63. The fourth-order valence-electron chi connectivity index (χ4n) is 1.46. The molecule has 108 valence electrons. The maximum Gasteiger partial charge on any atom is 0.408 e. The molecule has 7 nitrogen and oxygen atoms in total. The van der Waals surface area contributed by atoms with Crippen LogP contribution >= 0.6 is 11.8 Å². The summed E-state index contributed by atoms with van der Waals surface area (Å²) in [5.41, 5.74) is -0.639. The Kier molecular flexibility index (Phi) is 5.04. The van der Waals surface area contributed by atoms with Gasteiger partial charge in [0.05, 0.1) is 5.88 Å². The molecule has 0 bridgehead atoms. The molecule has 19 heavy (non-hydrogen) atoms. The second-order valence-corrected chi connectivity index (χ2v) is 6.07. The van der Waals surface area contributed by atoms with Crippen molar-refractivity contribution in [2.24, 2.45) is 0 Å². The number of carbonyl (C=O) groups excluding carboxylic acids is 2. The monoisotopic (exact) mass is 290 g/mol. The van der Waals surface area contributed by atoms with Crippen molar-refractivity contribution >= 4 is 29.7 Å². The van der Waals surface area contributed by atoms with Crippen molar-refractivity contribution < 1.29 is 24.2 Å². The number of nitrogens with one attached hydrogen (secondary N) is 1. The fraction of sp³-hybridized carbons (Fsp3) is 0.727. The lowest BCUT2D eigenvalue weighted by Gasteiger charge is -2.22. The Labute approximate surface area is 115 Å². The van der Waals surface area contributed by atoms with E-state index in [0.717, 1.165) is 0 Å². The lowest BCUT2D eigenvalue weighted by Crippen LogP contribution is -2.47. The van der Waals surface area contributed by atoms with E-state index in [-0.39, 0.29) is 6.54 Å². The van der Waals surface area contributed by atoms with Gasteiger partial charge in [-0.1, -0.05) is 0 Å². The Hall–Kier alpha value is -1.44. The molecule has 2 N–H and O–H groups in total. The van der Waals surface area contributed by atoms with E-state index < -0.39 is 29.6 Å². The summed E-state index contributed by atoms with van der Waals surface area (Å²) in [5.74, 6) is -0.766. The Morgan fingerprint density at radius 2 is 2.05 bits per heavy atom. The van der Waals surface area contributed by atoms with Gasteiger partial charge >= 0.3 is 12.1 Å². The first-order valence-corrected chi connectivity index (χ1v) is 6.93. The van der Waals surface area contributed by atoms with Crippen LogP contribution in [0.15, 0.2) is 0 Å². The van der Waals surface area contributed by atoms with E-state index in [2.05, 4.69) is 5.32 Å². The number of thioether (sulfide) groups is 1. The number of carbonyl (C=O) groups is 3. The van der Waals surface area contributed by atoms with Gasteiger partial charge in [0.25, 0.3) is 0 Å². The highest BCUT2D eigenvalue weighted by Gasteiger charge is 2.34. The van der Waals surface area contributed by atoms with Crippen LogP contribution in [0.2, 0.25) is 0 Å². The minimum atomic E-state index is -1.03. The van der Waals surface area contributed by atoms with Gasteiger partial charge in [-0.2, -0.15) is 0 Å². The van der Waals surface area contributed by atoms with Gasteiger partial charge in [-0.3, -0.25) is 4.79 Å². The Morgan fingerprint density at radius 1 is 1.42 bits per heavy atom. The largest absolute Gasteiger partial charge is 0.480 e. The van der Waals surface area contributed by atoms with Crippen LogP contribution in [0.4, 0.5) is 4.79 Å².